The Kier molecular flexibility index (Phi) is 7.50. The predicted molar refractivity (Wildman–Crippen MR) is 177 cm³/mol. The number of nitrogens with one attached hydrogen (secondary N) is 1. The largest absolute Gasteiger partial charge is 0.462 e. The lowest BCUT2D eigenvalue weighted by Crippen LogP contribution is -2.66. The summed E-state index contributed by atoms with van der Waals surface area (Å²) in [5, 5.41) is 14.2. The maximum atomic E-state index is 14.7. The number of hydrogen-bond acceptors (Lipinski definition) is 6. The molecule has 0 unspecified atom stereocenters. The molecule has 6 rings (SSSR count). The zero-order chi connectivity index (χ0) is 33.7. The molecule has 4 saturated carbocycles. The van der Waals surface area contributed by atoms with Gasteiger partial charge in [0.2, 0.25) is 5.91 Å². The molecule has 0 radical (unpaired) electrons. The van der Waals surface area contributed by atoms with Crippen molar-refractivity contribution in [1.29, 1.82) is 0 Å². The first-order valence-corrected chi connectivity index (χ1v) is 17.3. The van der Waals surface area contributed by atoms with Gasteiger partial charge in [0.05, 0.1) is 4.92 Å². The van der Waals surface area contributed by atoms with Crippen LogP contribution in [0.15, 0.2) is 35.9 Å². The Morgan fingerprint density at radius 2 is 1.57 bits per heavy atom. The molecule has 1 aromatic carbocycles. The van der Waals surface area contributed by atoms with Crippen molar-refractivity contribution >= 4 is 29.0 Å². The monoisotopic (exact) mass is 632 g/mol. The van der Waals surface area contributed by atoms with Gasteiger partial charge in [-0.2, -0.15) is 0 Å². The van der Waals surface area contributed by atoms with E-state index in [1.807, 2.05) is 13.0 Å². The zero-order valence-electron chi connectivity index (χ0n) is 29.0. The molecule has 250 valence electrons. The first-order valence-electron chi connectivity index (χ1n) is 17.3. The lowest BCUT2D eigenvalue weighted by Gasteiger charge is -2.70. The zero-order valence-corrected chi connectivity index (χ0v) is 29.0. The molecular formula is C38H52N2O6. The first kappa shape index (κ1) is 32.9. The molecule has 1 amide bonds. The van der Waals surface area contributed by atoms with Gasteiger partial charge in [-0.1, -0.05) is 54.0 Å². The highest BCUT2D eigenvalue weighted by atomic mass is 16.6. The molecule has 5 aliphatic rings. The summed E-state index contributed by atoms with van der Waals surface area (Å²) in [4.78, 5) is 51.2. The maximum Gasteiger partial charge on any atom is 0.302 e. The average molecular weight is 633 g/mol. The van der Waals surface area contributed by atoms with E-state index in [1.54, 1.807) is 12.1 Å². The van der Waals surface area contributed by atoms with Gasteiger partial charge in [-0.15, -0.1) is 0 Å². The molecule has 4 fully saturated rings. The normalized spacial score (nSPS) is 42.7. The van der Waals surface area contributed by atoms with E-state index in [0.29, 0.717) is 12.1 Å². The standard InChI is InChI=1S/C38H52N2O6/c1-23(41)46-30-14-15-36(6)29(33(30,2)3)13-16-38(8)31(36)28(42)21-26-27-22-35(5,18-17-34(27,4)19-20-37(26,38)7)32(43)39-24-9-11-25(12-10-24)40(44)45/h9-12,21,27,29-31H,13-20,22H2,1-8H3,(H,39,43)/t27-,29-,30+,31-,34-,35+,36+,37+,38-/m1/s1. The van der Waals surface area contributed by atoms with Crippen molar-refractivity contribution in [2.24, 2.45) is 50.2 Å². The Hall–Kier alpha value is -3.03. The first-order chi connectivity index (χ1) is 21.3. The molecular weight excluding hydrogens is 580 g/mol. The number of nitrogens with zero attached hydrogens (tertiary/aromatic N) is 1. The molecule has 0 aliphatic heterocycles. The summed E-state index contributed by atoms with van der Waals surface area (Å²) in [6.07, 6.45) is 9.95. The molecule has 0 saturated heterocycles. The topological polar surface area (TPSA) is 116 Å². The second kappa shape index (κ2) is 10.5. The van der Waals surface area contributed by atoms with Crippen LogP contribution in [0, 0.1) is 60.4 Å². The number of carbonyl (C=O) groups is 3. The van der Waals surface area contributed by atoms with Crippen LogP contribution in [0.25, 0.3) is 0 Å². The van der Waals surface area contributed by atoms with Crippen LogP contribution in [0.5, 0.6) is 0 Å². The molecule has 1 aromatic rings. The molecule has 46 heavy (non-hydrogen) atoms. The van der Waals surface area contributed by atoms with E-state index >= 15 is 0 Å². The van der Waals surface area contributed by atoms with Crippen LogP contribution in [0.4, 0.5) is 11.4 Å². The fraction of sp³-hybridized carbons (Fsp3) is 0.711. The molecule has 1 N–H and O–H groups in total. The molecule has 8 heteroatoms. The van der Waals surface area contributed by atoms with Gasteiger partial charge in [-0.3, -0.25) is 24.5 Å². The van der Waals surface area contributed by atoms with Crippen LogP contribution in [0.3, 0.4) is 0 Å². The van der Waals surface area contributed by atoms with Crippen molar-refractivity contribution in [3.05, 3.63) is 46.0 Å². The number of non-ortho nitro benzene ring substituents is 1. The van der Waals surface area contributed by atoms with E-state index in [0.717, 1.165) is 51.4 Å². The number of esters is 1. The van der Waals surface area contributed by atoms with Crippen LogP contribution >= 0.6 is 0 Å². The number of fused-ring (bicyclic) bond motifs is 7. The number of allylic oxidation sites excluding steroid dienone is 2. The fourth-order valence-electron chi connectivity index (χ4n) is 11.7. The third-order valence-corrected chi connectivity index (χ3v) is 14.7. The molecule has 0 bridgehead atoms. The van der Waals surface area contributed by atoms with Crippen molar-refractivity contribution < 1.29 is 24.0 Å². The third-order valence-electron chi connectivity index (χ3n) is 14.7. The number of ketones is 1. The van der Waals surface area contributed by atoms with Gasteiger partial charge in [-0.25, -0.2) is 0 Å². The number of nitro benzene ring substituents is 1. The van der Waals surface area contributed by atoms with Crippen molar-refractivity contribution in [2.45, 2.75) is 119 Å². The van der Waals surface area contributed by atoms with Gasteiger partial charge in [-0.05, 0) is 109 Å². The summed E-state index contributed by atoms with van der Waals surface area (Å²) in [5.74, 6) is 0.236. The smallest absolute Gasteiger partial charge is 0.302 e. The molecule has 5 aliphatic carbocycles. The molecule has 9 atom stereocenters. The van der Waals surface area contributed by atoms with Crippen LogP contribution in [-0.2, 0) is 19.1 Å². The second-order valence-corrected chi connectivity index (χ2v) is 17.5. The van der Waals surface area contributed by atoms with Gasteiger partial charge in [0.25, 0.3) is 5.69 Å². The summed E-state index contributed by atoms with van der Waals surface area (Å²) in [6, 6.07) is 6.00. The number of anilines is 1. The second-order valence-electron chi connectivity index (χ2n) is 17.5. The number of hydrogen-bond donors (Lipinski definition) is 1. The van der Waals surface area contributed by atoms with Crippen LogP contribution < -0.4 is 5.32 Å². The van der Waals surface area contributed by atoms with E-state index in [1.165, 1.54) is 24.6 Å². The summed E-state index contributed by atoms with van der Waals surface area (Å²) in [7, 11) is 0. The minimum atomic E-state index is -0.630. The van der Waals surface area contributed by atoms with Crippen LogP contribution in [-0.4, -0.2) is 28.7 Å². The maximum absolute atomic E-state index is 14.7. The number of ether oxygens (including phenoxy) is 1. The van der Waals surface area contributed by atoms with E-state index < -0.39 is 10.3 Å². The highest BCUT2D eigenvalue weighted by molar-refractivity contribution is 5.97. The quantitative estimate of drug-likeness (QED) is 0.202. The lowest BCUT2D eigenvalue weighted by atomic mass is 9.33. The predicted octanol–water partition coefficient (Wildman–Crippen LogP) is 8.45. The van der Waals surface area contributed by atoms with Crippen molar-refractivity contribution in [2.75, 3.05) is 5.32 Å². The molecule has 0 spiro atoms. The summed E-state index contributed by atoms with van der Waals surface area (Å²) < 4.78 is 5.86. The van der Waals surface area contributed by atoms with Crippen molar-refractivity contribution in [1.82, 2.24) is 0 Å². The number of carbonyl (C=O) groups excluding carboxylic acids is 3. The van der Waals surface area contributed by atoms with E-state index in [9.17, 15) is 24.5 Å². The Bertz CT molecular complexity index is 1520. The van der Waals surface area contributed by atoms with Gasteiger partial charge in [0.1, 0.15) is 6.10 Å². The third kappa shape index (κ3) is 4.62. The Labute approximate surface area is 273 Å². The SMILES string of the molecule is CC(=O)O[C@H]1CC[C@@]2(C)[C@H](CC[C@]3(C)[C@@H]2C(=O)C=C2[C@H]4C[C@@](C)(C(=O)Nc5ccc([N+](=O)[O-])cc5)CC[C@]4(C)CC[C@@]23C)C1(C)C. The van der Waals surface area contributed by atoms with E-state index in [4.69, 9.17) is 4.74 Å². The van der Waals surface area contributed by atoms with Gasteiger partial charge in [0.15, 0.2) is 5.78 Å². The van der Waals surface area contributed by atoms with E-state index in [2.05, 4.69) is 46.9 Å². The minimum absolute atomic E-state index is 0.0104. The minimum Gasteiger partial charge on any atom is -0.462 e. The Morgan fingerprint density at radius 3 is 2.20 bits per heavy atom. The van der Waals surface area contributed by atoms with Gasteiger partial charge < -0.3 is 10.1 Å². The summed E-state index contributed by atoms with van der Waals surface area (Å²) in [6.45, 7) is 17.5. The van der Waals surface area contributed by atoms with Crippen molar-refractivity contribution in [3.8, 4) is 0 Å². The lowest BCUT2D eigenvalue weighted by molar-refractivity contribution is -0.384. The molecule has 8 nitrogen and oxygen atoms in total. The highest BCUT2D eigenvalue weighted by Crippen LogP contribution is 2.75. The molecule has 0 heterocycles. The van der Waals surface area contributed by atoms with Gasteiger partial charge in [0, 0.05) is 41.5 Å². The van der Waals surface area contributed by atoms with Gasteiger partial charge >= 0.3 is 5.97 Å². The summed E-state index contributed by atoms with van der Waals surface area (Å²) >= 11 is 0. The summed E-state index contributed by atoms with van der Waals surface area (Å²) in [5.41, 5.74) is 0.408. The average Bonchev–Trinajstić information content (AvgIpc) is 2.96. The Morgan fingerprint density at radius 1 is 0.913 bits per heavy atom. The fourth-order valence-corrected chi connectivity index (χ4v) is 11.7. The van der Waals surface area contributed by atoms with E-state index in [-0.39, 0.29) is 74.3 Å². The highest BCUT2D eigenvalue weighted by Gasteiger charge is 2.70. The number of rotatable bonds is 4. The van der Waals surface area contributed by atoms with Crippen LogP contribution in [0.1, 0.15) is 113 Å². The number of benzene rings is 1. The van der Waals surface area contributed by atoms with Crippen molar-refractivity contribution in [3.63, 3.8) is 0 Å². The molecule has 0 aromatic heterocycles. The Balaban J connectivity index is 1.32. The van der Waals surface area contributed by atoms with Crippen LogP contribution in [0.2, 0.25) is 0 Å². The number of amides is 1. The number of nitro groups is 1.